The van der Waals surface area contributed by atoms with Gasteiger partial charge in [0.05, 0.1) is 5.57 Å². The number of benzene rings is 3. The molecule has 32 heavy (non-hydrogen) atoms. The fourth-order valence-corrected chi connectivity index (χ4v) is 4.26. The molecule has 6 heteroatoms. The number of carbonyl (C=O) groups excluding carboxylic acids is 2. The summed E-state index contributed by atoms with van der Waals surface area (Å²) in [4.78, 5) is 27.8. The van der Waals surface area contributed by atoms with E-state index in [-0.39, 0.29) is 12.3 Å². The summed E-state index contributed by atoms with van der Waals surface area (Å²) >= 11 is 12.4. The monoisotopic (exact) mass is 464 g/mol. The zero-order valence-electron chi connectivity index (χ0n) is 17.6. The first-order valence-corrected chi connectivity index (χ1v) is 11.1. The smallest absolute Gasteiger partial charge is 0.260 e. The number of hydrogen-bond donors (Lipinski definition) is 1. The van der Waals surface area contributed by atoms with Crippen LogP contribution in [0.1, 0.15) is 30.0 Å². The van der Waals surface area contributed by atoms with E-state index in [0.29, 0.717) is 28.6 Å². The van der Waals surface area contributed by atoms with Gasteiger partial charge in [0.25, 0.3) is 5.91 Å². The molecule has 1 aliphatic rings. The van der Waals surface area contributed by atoms with Crippen molar-refractivity contribution in [3.05, 3.63) is 105 Å². The van der Waals surface area contributed by atoms with Gasteiger partial charge in [-0.3, -0.25) is 14.9 Å². The topological polar surface area (TPSA) is 49.4 Å². The number of aryl methyl sites for hydroxylation is 1. The molecule has 2 amide bonds. The fraction of sp³-hybridized carbons (Fsp3) is 0.154. The number of para-hydroxylation sites is 1. The van der Waals surface area contributed by atoms with Crippen molar-refractivity contribution in [2.24, 2.45) is 0 Å². The SMILES string of the molecule is CC1=C(C(=O)NC(=O)CCc2ccc(Cl)cc2)c2cccc(Cl)c2CN1c1ccccc1. The summed E-state index contributed by atoms with van der Waals surface area (Å²) in [5, 5.41) is 3.80. The standard InChI is InChI=1S/C26H22Cl2N2O2/c1-17-25(26(32)29-24(31)15-12-18-10-13-19(27)14-11-18)21-8-5-9-23(28)22(21)16-30(17)20-6-3-2-4-7-20/h2-11,13-14H,12,15-16H2,1H3,(H,29,31,32). The Kier molecular flexibility index (Phi) is 6.63. The molecule has 0 aromatic heterocycles. The van der Waals surface area contributed by atoms with Gasteiger partial charge in [-0.15, -0.1) is 0 Å². The van der Waals surface area contributed by atoms with Crippen LogP contribution in [0.5, 0.6) is 0 Å². The molecule has 4 nitrogen and oxygen atoms in total. The number of allylic oxidation sites excluding steroid dienone is 1. The fourth-order valence-electron chi connectivity index (χ4n) is 3.90. The predicted octanol–water partition coefficient (Wildman–Crippen LogP) is 6.02. The molecule has 0 unspecified atom stereocenters. The van der Waals surface area contributed by atoms with E-state index < -0.39 is 5.91 Å². The first kappa shape index (κ1) is 22.1. The van der Waals surface area contributed by atoms with Crippen molar-refractivity contribution >= 4 is 46.3 Å². The third-order valence-electron chi connectivity index (χ3n) is 5.57. The van der Waals surface area contributed by atoms with Crippen molar-refractivity contribution in [1.82, 2.24) is 5.32 Å². The lowest BCUT2D eigenvalue weighted by atomic mass is 9.92. The maximum absolute atomic E-state index is 13.2. The molecule has 0 bridgehead atoms. The molecule has 162 valence electrons. The lowest BCUT2D eigenvalue weighted by molar-refractivity contribution is -0.127. The van der Waals surface area contributed by atoms with E-state index >= 15 is 0 Å². The maximum Gasteiger partial charge on any atom is 0.260 e. The van der Waals surface area contributed by atoms with E-state index in [0.717, 1.165) is 28.1 Å². The Morgan fingerprint density at radius 1 is 0.938 bits per heavy atom. The Morgan fingerprint density at radius 3 is 2.38 bits per heavy atom. The van der Waals surface area contributed by atoms with Gasteiger partial charge in [-0.25, -0.2) is 0 Å². The zero-order valence-corrected chi connectivity index (χ0v) is 19.1. The molecular weight excluding hydrogens is 443 g/mol. The number of halogens is 2. The molecule has 0 fully saturated rings. The quantitative estimate of drug-likeness (QED) is 0.501. The van der Waals surface area contributed by atoms with Gasteiger partial charge in [0.15, 0.2) is 0 Å². The van der Waals surface area contributed by atoms with E-state index in [1.165, 1.54) is 0 Å². The highest BCUT2D eigenvalue weighted by atomic mass is 35.5. The Hall–Kier alpha value is -3.08. The number of fused-ring (bicyclic) bond motifs is 1. The van der Waals surface area contributed by atoms with Crippen LogP contribution in [0.15, 0.2) is 78.5 Å². The van der Waals surface area contributed by atoms with E-state index in [1.54, 1.807) is 12.1 Å². The number of rotatable bonds is 5. The van der Waals surface area contributed by atoms with Gasteiger partial charge in [0, 0.05) is 34.4 Å². The summed E-state index contributed by atoms with van der Waals surface area (Å²) in [7, 11) is 0. The van der Waals surface area contributed by atoms with Crippen LogP contribution in [0, 0.1) is 0 Å². The van der Waals surface area contributed by atoms with Crippen LogP contribution in [-0.2, 0) is 22.6 Å². The van der Waals surface area contributed by atoms with Crippen molar-refractivity contribution in [2.45, 2.75) is 26.3 Å². The first-order chi connectivity index (χ1) is 15.4. The minimum Gasteiger partial charge on any atom is -0.340 e. The summed E-state index contributed by atoms with van der Waals surface area (Å²) in [5.74, 6) is -0.751. The van der Waals surface area contributed by atoms with Gasteiger partial charge in [-0.2, -0.15) is 0 Å². The zero-order chi connectivity index (χ0) is 22.7. The molecule has 3 aromatic rings. The third-order valence-corrected chi connectivity index (χ3v) is 6.18. The number of nitrogens with zero attached hydrogens (tertiary/aromatic N) is 1. The molecule has 0 saturated heterocycles. The second-order valence-corrected chi connectivity index (χ2v) is 8.50. The van der Waals surface area contributed by atoms with Gasteiger partial charge >= 0.3 is 0 Å². The summed E-state index contributed by atoms with van der Waals surface area (Å²) in [6.07, 6.45) is 0.720. The van der Waals surface area contributed by atoms with Crippen molar-refractivity contribution in [1.29, 1.82) is 0 Å². The first-order valence-electron chi connectivity index (χ1n) is 10.3. The molecule has 1 N–H and O–H groups in total. The summed E-state index contributed by atoms with van der Waals surface area (Å²) < 4.78 is 0. The lowest BCUT2D eigenvalue weighted by Gasteiger charge is -2.33. The molecule has 4 rings (SSSR count). The molecular formula is C26H22Cl2N2O2. The molecule has 0 spiro atoms. The molecule has 0 radical (unpaired) electrons. The summed E-state index contributed by atoms with van der Waals surface area (Å²) in [6.45, 7) is 2.44. The Balaban J connectivity index is 1.58. The second kappa shape index (κ2) is 9.60. The van der Waals surface area contributed by atoms with Crippen LogP contribution in [0.2, 0.25) is 10.0 Å². The average Bonchev–Trinajstić information content (AvgIpc) is 2.79. The Bertz CT molecular complexity index is 1190. The van der Waals surface area contributed by atoms with E-state index in [4.69, 9.17) is 23.2 Å². The highest BCUT2D eigenvalue weighted by Gasteiger charge is 2.29. The normalized spacial score (nSPS) is 13.0. The van der Waals surface area contributed by atoms with Crippen LogP contribution < -0.4 is 10.2 Å². The Labute approximate surface area is 197 Å². The molecule has 1 heterocycles. The minimum atomic E-state index is -0.423. The number of nitrogens with one attached hydrogen (secondary N) is 1. The highest BCUT2D eigenvalue weighted by molar-refractivity contribution is 6.33. The molecule has 1 aliphatic heterocycles. The van der Waals surface area contributed by atoms with E-state index in [9.17, 15) is 9.59 Å². The third kappa shape index (κ3) is 4.72. The van der Waals surface area contributed by atoms with Crippen molar-refractivity contribution < 1.29 is 9.59 Å². The van der Waals surface area contributed by atoms with Gasteiger partial charge < -0.3 is 4.90 Å². The van der Waals surface area contributed by atoms with Crippen molar-refractivity contribution in [3.63, 3.8) is 0 Å². The van der Waals surface area contributed by atoms with Gasteiger partial charge in [0.1, 0.15) is 0 Å². The minimum absolute atomic E-state index is 0.199. The number of imide groups is 1. The van der Waals surface area contributed by atoms with Crippen LogP contribution in [0.25, 0.3) is 5.57 Å². The second-order valence-electron chi connectivity index (χ2n) is 7.65. The lowest BCUT2D eigenvalue weighted by Crippen LogP contribution is -2.36. The number of carbonyl (C=O) groups is 2. The van der Waals surface area contributed by atoms with Gasteiger partial charge in [0.2, 0.25) is 5.91 Å². The number of anilines is 1. The van der Waals surface area contributed by atoms with Crippen LogP contribution >= 0.6 is 23.2 Å². The number of hydrogen-bond acceptors (Lipinski definition) is 3. The van der Waals surface area contributed by atoms with E-state index in [1.807, 2.05) is 72.5 Å². The molecule has 0 aliphatic carbocycles. The van der Waals surface area contributed by atoms with Gasteiger partial charge in [-0.05, 0) is 60.4 Å². The largest absolute Gasteiger partial charge is 0.340 e. The highest BCUT2D eigenvalue weighted by Crippen LogP contribution is 2.37. The van der Waals surface area contributed by atoms with Crippen LogP contribution in [-0.4, -0.2) is 11.8 Å². The van der Waals surface area contributed by atoms with Gasteiger partial charge in [-0.1, -0.05) is 65.7 Å². The molecule has 3 aromatic carbocycles. The van der Waals surface area contributed by atoms with Crippen molar-refractivity contribution in [3.8, 4) is 0 Å². The van der Waals surface area contributed by atoms with Crippen LogP contribution in [0.4, 0.5) is 5.69 Å². The number of amides is 2. The summed E-state index contributed by atoms with van der Waals surface area (Å²) in [6, 6.07) is 22.7. The summed E-state index contributed by atoms with van der Waals surface area (Å²) in [5.41, 5.74) is 4.78. The molecule has 0 atom stereocenters. The van der Waals surface area contributed by atoms with E-state index in [2.05, 4.69) is 5.32 Å². The van der Waals surface area contributed by atoms with Crippen molar-refractivity contribution in [2.75, 3.05) is 4.90 Å². The van der Waals surface area contributed by atoms with Crippen LogP contribution in [0.3, 0.4) is 0 Å². The molecule has 0 saturated carbocycles. The maximum atomic E-state index is 13.2. The average molecular weight is 465 g/mol. The predicted molar refractivity (Wildman–Crippen MR) is 130 cm³/mol. The Morgan fingerprint density at radius 2 is 1.66 bits per heavy atom.